The SMILES string of the molecule is CCn1cc(/C=C(\NC(=O)c2ccccc2OC)C(=O)N2CCCC2)c2ccccc21. The molecule has 3 aromatic rings. The van der Waals surface area contributed by atoms with Gasteiger partial charge in [0, 0.05) is 42.3 Å². The maximum atomic E-state index is 13.3. The van der Waals surface area contributed by atoms with Gasteiger partial charge in [0.15, 0.2) is 0 Å². The molecule has 4 rings (SSSR count). The summed E-state index contributed by atoms with van der Waals surface area (Å²) in [6.45, 7) is 4.31. The van der Waals surface area contributed by atoms with Crippen LogP contribution in [0.4, 0.5) is 0 Å². The van der Waals surface area contributed by atoms with Gasteiger partial charge in [-0.3, -0.25) is 9.59 Å². The Bertz CT molecular complexity index is 1140. The van der Waals surface area contributed by atoms with Crippen molar-refractivity contribution in [3.05, 3.63) is 71.6 Å². The molecule has 2 amide bonds. The lowest BCUT2D eigenvalue weighted by atomic mass is 10.1. The predicted molar refractivity (Wildman–Crippen MR) is 122 cm³/mol. The molecule has 6 heteroatoms. The molecule has 0 spiro atoms. The van der Waals surface area contributed by atoms with Crippen LogP contribution < -0.4 is 10.1 Å². The Hall–Kier alpha value is -3.54. The number of rotatable bonds is 6. The molecule has 0 radical (unpaired) electrons. The fourth-order valence-corrected chi connectivity index (χ4v) is 4.07. The Labute approximate surface area is 182 Å². The molecule has 1 aliphatic heterocycles. The van der Waals surface area contributed by atoms with Crippen LogP contribution in [0.3, 0.4) is 0 Å². The van der Waals surface area contributed by atoms with Crippen LogP contribution in [0.25, 0.3) is 17.0 Å². The fraction of sp³-hybridized carbons (Fsp3) is 0.280. The molecule has 1 aromatic heterocycles. The Morgan fingerprint density at radius 1 is 1.06 bits per heavy atom. The number of amides is 2. The third-order valence-electron chi connectivity index (χ3n) is 5.68. The average Bonchev–Trinajstić information content (AvgIpc) is 3.46. The van der Waals surface area contributed by atoms with Crippen LogP contribution in [-0.4, -0.2) is 41.5 Å². The van der Waals surface area contributed by atoms with Crippen molar-refractivity contribution in [3.8, 4) is 5.75 Å². The highest BCUT2D eigenvalue weighted by Gasteiger charge is 2.24. The summed E-state index contributed by atoms with van der Waals surface area (Å²) in [6, 6.07) is 15.1. The van der Waals surface area contributed by atoms with Gasteiger partial charge >= 0.3 is 0 Å². The van der Waals surface area contributed by atoms with Crippen LogP contribution in [0.2, 0.25) is 0 Å². The highest BCUT2D eigenvalue weighted by atomic mass is 16.5. The number of carbonyl (C=O) groups excluding carboxylic acids is 2. The second kappa shape index (κ2) is 9.08. The van der Waals surface area contributed by atoms with E-state index < -0.39 is 0 Å². The molecule has 0 aliphatic carbocycles. The summed E-state index contributed by atoms with van der Waals surface area (Å²) in [6.07, 6.45) is 5.78. The number of aromatic nitrogens is 1. The van der Waals surface area contributed by atoms with Gasteiger partial charge in [-0.15, -0.1) is 0 Å². The monoisotopic (exact) mass is 417 g/mol. The number of fused-ring (bicyclic) bond motifs is 1. The zero-order chi connectivity index (χ0) is 21.8. The molecule has 0 atom stereocenters. The van der Waals surface area contributed by atoms with Gasteiger partial charge in [-0.1, -0.05) is 30.3 Å². The third-order valence-corrected chi connectivity index (χ3v) is 5.68. The van der Waals surface area contributed by atoms with E-state index in [9.17, 15) is 9.59 Å². The van der Waals surface area contributed by atoms with E-state index in [1.54, 1.807) is 35.2 Å². The highest BCUT2D eigenvalue weighted by Crippen LogP contribution is 2.25. The second-order valence-corrected chi connectivity index (χ2v) is 7.60. The van der Waals surface area contributed by atoms with E-state index in [1.165, 1.54) is 7.11 Å². The molecule has 1 fully saturated rings. The second-order valence-electron chi connectivity index (χ2n) is 7.60. The number of aryl methyl sites for hydroxylation is 1. The number of likely N-dealkylation sites (tertiary alicyclic amines) is 1. The first-order valence-corrected chi connectivity index (χ1v) is 10.7. The topological polar surface area (TPSA) is 63.6 Å². The van der Waals surface area contributed by atoms with Gasteiger partial charge in [0.1, 0.15) is 11.4 Å². The number of hydrogen-bond donors (Lipinski definition) is 1. The lowest BCUT2D eigenvalue weighted by Crippen LogP contribution is -2.36. The minimum absolute atomic E-state index is 0.158. The smallest absolute Gasteiger partial charge is 0.270 e. The minimum atomic E-state index is -0.365. The average molecular weight is 418 g/mol. The van der Waals surface area contributed by atoms with Crippen molar-refractivity contribution in [2.75, 3.05) is 20.2 Å². The van der Waals surface area contributed by atoms with Gasteiger partial charge in [0.05, 0.1) is 12.7 Å². The quantitative estimate of drug-likeness (QED) is 0.615. The van der Waals surface area contributed by atoms with E-state index in [1.807, 2.05) is 24.4 Å². The number of benzene rings is 2. The number of methoxy groups -OCH3 is 1. The largest absolute Gasteiger partial charge is 0.496 e. The summed E-state index contributed by atoms with van der Waals surface area (Å²) < 4.78 is 7.46. The molecular weight excluding hydrogens is 390 g/mol. The van der Waals surface area contributed by atoms with E-state index in [0.717, 1.165) is 35.9 Å². The molecular formula is C25H27N3O3. The zero-order valence-electron chi connectivity index (χ0n) is 17.9. The van der Waals surface area contributed by atoms with Gasteiger partial charge in [-0.25, -0.2) is 0 Å². The molecule has 0 unspecified atom stereocenters. The maximum Gasteiger partial charge on any atom is 0.270 e. The lowest BCUT2D eigenvalue weighted by molar-refractivity contribution is -0.126. The standard InChI is InChI=1S/C25H27N3O3/c1-3-27-17-18(19-10-4-6-12-22(19)27)16-21(25(30)28-14-8-9-15-28)26-24(29)20-11-5-7-13-23(20)31-2/h4-7,10-13,16-17H,3,8-9,14-15H2,1-2H3,(H,26,29)/b21-16-. The summed E-state index contributed by atoms with van der Waals surface area (Å²) in [4.78, 5) is 28.1. The minimum Gasteiger partial charge on any atom is -0.496 e. The first kappa shape index (κ1) is 20.7. The van der Waals surface area contributed by atoms with Crippen LogP contribution in [0, 0.1) is 0 Å². The number of para-hydroxylation sites is 2. The van der Waals surface area contributed by atoms with E-state index in [4.69, 9.17) is 4.74 Å². The molecule has 6 nitrogen and oxygen atoms in total. The van der Waals surface area contributed by atoms with Gasteiger partial charge < -0.3 is 19.5 Å². The van der Waals surface area contributed by atoms with Crippen LogP contribution in [0.15, 0.2) is 60.4 Å². The number of nitrogens with zero attached hydrogens (tertiary/aromatic N) is 2. The molecule has 0 bridgehead atoms. The number of ether oxygens (including phenoxy) is 1. The summed E-state index contributed by atoms with van der Waals surface area (Å²) >= 11 is 0. The highest BCUT2D eigenvalue weighted by molar-refractivity contribution is 6.07. The fourth-order valence-electron chi connectivity index (χ4n) is 4.07. The van der Waals surface area contributed by atoms with Crippen molar-refractivity contribution >= 4 is 28.8 Å². The zero-order valence-corrected chi connectivity index (χ0v) is 17.9. The molecule has 2 heterocycles. The van der Waals surface area contributed by atoms with E-state index >= 15 is 0 Å². The normalized spacial score (nSPS) is 14.1. The Kier molecular flexibility index (Phi) is 6.07. The number of hydrogen-bond acceptors (Lipinski definition) is 3. The van der Waals surface area contributed by atoms with Crippen molar-refractivity contribution < 1.29 is 14.3 Å². The Balaban J connectivity index is 1.75. The summed E-state index contributed by atoms with van der Waals surface area (Å²) in [5.74, 6) is -0.0555. The van der Waals surface area contributed by atoms with E-state index in [2.05, 4.69) is 22.9 Å². The molecule has 1 saturated heterocycles. The van der Waals surface area contributed by atoms with E-state index in [-0.39, 0.29) is 17.5 Å². The summed E-state index contributed by atoms with van der Waals surface area (Å²) in [7, 11) is 1.53. The van der Waals surface area contributed by atoms with Crippen molar-refractivity contribution in [2.45, 2.75) is 26.3 Å². The summed E-state index contributed by atoms with van der Waals surface area (Å²) in [5.41, 5.74) is 2.67. The van der Waals surface area contributed by atoms with Crippen molar-refractivity contribution in [3.63, 3.8) is 0 Å². The van der Waals surface area contributed by atoms with Crippen LogP contribution >= 0.6 is 0 Å². The lowest BCUT2D eigenvalue weighted by Gasteiger charge is -2.18. The maximum absolute atomic E-state index is 13.3. The van der Waals surface area contributed by atoms with Gasteiger partial charge in [-0.05, 0) is 44.0 Å². The Morgan fingerprint density at radius 3 is 2.52 bits per heavy atom. The number of carbonyl (C=O) groups is 2. The van der Waals surface area contributed by atoms with Gasteiger partial charge in [0.25, 0.3) is 11.8 Å². The first-order valence-electron chi connectivity index (χ1n) is 10.7. The molecule has 2 aromatic carbocycles. The Morgan fingerprint density at radius 2 is 1.77 bits per heavy atom. The molecule has 160 valence electrons. The van der Waals surface area contributed by atoms with Crippen LogP contribution in [0.5, 0.6) is 5.75 Å². The molecule has 1 N–H and O–H groups in total. The predicted octanol–water partition coefficient (Wildman–Crippen LogP) is 4.06. The van der Waals surface area contributed by atoms with Crippen molar-refractivity contribution in [1.82, 2.24) is 14.8 Å². The van der Waals surface area contributed by atoms with Gasteiger partial charge in [-0.2, -0.15) is 0 Å². The van der Waals surface area contributed by atoms with Gasteiger partial charge in [0.2, 0.25) is 0 Å². The first-order chi connectivity index (χ1) is 15.1. The molecule has 1 aliphatic rings. The van der Waals surface area contributed by atoms with Crippen molar-refractivity contribution in [2.24, 2.45) is 0 Å². The van der Waals surface area contributed by atoms with Crippen molar-refractivity contribution in [1.29, 1.82) is 0 Å². The van der Waals surface area contributed by atoms with E-state index in [0.29, 0.717) is 24.4 Å². The summed E-state index contributed by atoms with van der Waals surface area (Å²) in [5, 5.41) is 3.91. The number of nitrogens with one attached hydrogen (secondary N) is 1. The molecule has 31 heavy (non-hydrogen) atoms. The van der Waals surface area contributed by atoms with Crippen LogP contribution in [0.1, 0.15) is 35.7 Å². The van der Waals surface area contributed by atoms with Crippen LogP contribution in [-0.2, 0) is 11.3 Å². The third kappa shape index (κ3) is 4.19. The molecule has 0 saturated carbocycles.